The molecule has 0 spiro atoms. The number of halogens is 1. The summed E-state index contributed by atoms with van der Waals surface area (Å²) in [6.45, 7) is 3.35. The molecule has 9 heteroatoms. The quantitative estimate of drug-likeness (QED) is 0.242. The van der Waals surface area contributed by atoms with Crippen LogP contribution in [0.5, 0.6) is 11.5 Å². The van der Waals surface area contributed by atoms with E-state index in [4.69, 9.17) is 14.0 Å². The van der Waals surface area contributed by atoms with Gasteiger partial charge in [-0.25, -0.2) is 0 Å². The molecule has 0 aliphatic rings. The lowest BCUT2D eigenvalue weighted by Crippen LogP contribution is -2.38. The first-order valence-electron chi connectivity index (χ1n) is 8.61. The SMILES string of the molecule is CN=C(NCCCc1nc(C)no1)NCCc1ccc(OC)c(OC)c1.I. The summed E-state index contributed by atoms with van der Waals surface area (Å²) in [5.74, 6) is 3.58. The third-order valence-corrected chi connectivity index (χ3v) is 3.81. The van der Waals surface area contributed by atoms with Crippen LogP contribution in [0.4, 0.5) is 0 Å². The Morgan fingerprint density at radius 2 is 1.85 bits per heavy atom. The van der Waals surface area contributed by atoms with Gasteiger partial charge in [0.1, 0.15) is 0 Å². The van der Waals surface area contributed by atoms with Gasteiger partial charge in [0.15, 0.2) is 23.3 Å². The molecule has 150 valence electrons. The van der Waals surface area contributed by atoms with E-state index < -0.39 is 0 Å². The van der Waals surface area contributed by atoms with E-state index in [9.17, 15) is 0 Å². The fourth-order valence-corrected chi connectivity index (χ4v) is 2.47. The first-order valence-corrected chi connectivity index (χ1v) is 8.61. The van der Waals surface area contributed by atoms with Crippen LogP contribution >= 0.6 is 24.0 Å². The number of guanidine groups is 1. The van der Waals surface area contributed by atoms with E-state index in [0.29, 0.717) is 11.7 Å². The van der Waals surface area contributed by atoms with Crippen LogP contribution in [0, 0.1) is 6.92 Å². The predicted octanol–water partition coefficient (Wildman–Crippen LogP) is 2.35. The van der Waals surface area contributed by atoms with E-state index in [0.717, 1.165) is 55.4 Å². The maximum atomic E-state index is 5.33. The van der Waals surface area contributed by atoms with Crippen LogP contribution in [0.25, 0.3) is 0 Å². The van der Waals surface area contributed by atoms with Gasteiger partial charge >= 0.3 is 0 Å². The largest absolute Gasteiger partial charge is 0.493 e. The molecule has 0 amide bonds. The summed E-state index contributed by atoms with van der Waals surface area (Å²) in [6, 6.07) is 5.94. The number of aliphatic imine (C=N–C) groups is 1. The molecule has 0 radical (unpaired) electrons. The van der Waals surface area contributed by atoms with Gasteiger partial charge in [0.2, 0.25) is 5.89 Å². The lowest BCUT2D eigenvalue weighted by atomic mass is 10.1. The number of benzene rings is 1. The van der Waals surface area contributed by atoms with E-state index in [1.54, 1.807) is 21.3 Å². The highest BCUT2D eigenvalue weighted by Gasteiger charge is 2.05. The van der Waals surface area contributed by atoms with Gasteiger partial charge < -0.3 is 24.6 Å². The zero-order valence-corrected chi connectivity index (χ0v) is 18.6. The predicted molar refractivity (Wildman–Crippen MR) is 115 cm³/mol. The van der Waals surface area contributed by atoms with Crippen LogP contribution in [-0.4, -0.2) is 50.5 Å². The molecule has 0 saturated carbocycles. The molecular weight excluding hydrogens is 461 g/mol. The van der Waals surface area contributed by atoms with Crippen molar-refractivity contribution in [2.24, 2.45) is 4.99 Å². The smallest absolute Gasteiger partial charge is 0.226 e. The lowest BCUT2D eigenvalue weighted by Gasteiger charge is -2.12. The Kier molecular flexibility index (Phi) is 10.5. The molecule has 0 fully saturated rings. The van der Waals surface area contributed by atoms with E-state index in [2.05, 4.69) is 25.8 Å². The van der Waals surface area contributed by atoms with Gasteiger partial charge in [0.05, 0.1) is 14.2 Å². The second-order valence-electron chi connectivity index (χ2n) is 5.70. The highest BCUT2D eigenvalue weighted by atomic mass is 127. The molecule has 0 aliphatic carbocycles. The summed E-state index contributed by atoms with van der Waals surface area (Å²) in [4.78, 5) is 8.41. The Balaban J connectivity index is 0.00000364. The summed E-state index contributed by atoms with van der Waals surface area (Å²) in [5.41, 5.74) is 1.16. The van der Waals surface area contributed by atoms with Crippen LogP contribution in [0.15, 0.2) is 27.7 Å². The first-order chi connectivity index (χ1) is 12.7. The number of aromatic nitrogens is 2. The monoisotopic (exact) mass is 489 g/mol. The molecular formula is C18H28IN5O3. The average molecular weight is 489 g/mol. The van der Waals surface area contributed by atoms with Gasteiger partial charge in [-0.3, -0.25) is 4.99 Å². The minimum Gasteiger partial charge on any atom is -0.493 e. The number of hydrogen-bond donors (Lipinski definition) is 2. The maximum Gasteiger partial charge on any atom is 0.226 e. The molecule has 0 bridgehead atoms. The summed E-state index contributed by atoms with van der Waals surface area (Å²) in [5, 5.41) is 10.4. The maximum absolute atomic E-state index is 5.33. The van der Waals surface area contributed by atoms with Crippen molar-refractivity contribution >= 4 is 29.9 Å². The van der Waals surface area contributed by atoms with Crippen molar-refractivity contribution in [3.05, 3.63) is 35.5 Å². The molecule has 0 unspecified atom stereocenters. The van der Waals surface area contributed by atoms with Gasteiger partial charge in [-0.1, -0.05) is 11.2 Å². The molecule has 2 N–H and O–H groups in total. The van der Waals surface area contributed by atoms with Gasteiger partial charge in [-0.15, -0.1) is 24.0 Å². The van der Waals surface area contributed by atoms with E-state index in [1.807, 2.05) is 25.1 Å². The van der Waals surface area contributed by atoms with Gasteiger partial charge in [-0.05, 0) is 37.5 Å². The molecule has 0 atom stereocenters. The normalized spacial score (nSPS) is 10.9. The first kappa shape index (κ1) is 23.0. The van der Waals surface area contributed by atoms with Crippen molar-refractivity contribution in [3.8, 4) is 11.5 Å². The van der Waals surface area contributed by atoms with Crippen LogP contribution in [0.2, 0.25) is 0 Å². The molecule has 27 heavy (non-hydrogen) atoms. The molecule has 1 aromatic heterocycles. The summed E-state index contributed by atoms with van der Waals surface area (Å²) < 4.78 is 15.7. The Bertz CT molecular complexity index is 721. The number of ether oxygens (including phenoxy) is 2. The third-order valence-electron chi connectivity index (χ3n) is 3.81. The number of methoxy groups -OCH3 is 2. The van der Waals surface area contributed by atoms with Crippen molar-refractivity contribution in [3.63, 3.8) is 0 Å². The van der Waals surface area contributed by atoms with Crippen LogP contribution in [0.3, 0.4) is 0 Å². The van der Waals surface area contributed by atoms with E-state index in [-0.39, 0.29) is 24.0 Å². The molecule has 1 heterocycles. The second kappa shape index (κ2) is 12.4. The molecule has 0 aliphatic heterocycles. The standard InChI is InChI=1S/C18H27N5O3.HI/c1-13-22-17(26-23-13)6-5-10-20-18(19-2)21-11-9-14-7-8-15(24-3)16(12-14)25-4;/h7-8,12H,5-6,9-11H2,1-4H3,(H2,19,20,21);1H. The van der Waals surface area contributed by atoms with E-state index in [1.165, 1.54) is 0 Å². The van der Waals surface area contributed by atoms with E-state index >= 15 is 0 Å². The number of nitrogens with zero attached hydrogens (tertiary/aromatic N) is 3. The fourth-order valence-electron chi connectivity index (χ4n) is 2.47. The van der Waals surface area contributed by atoms with Crippen molar-refractivity contribution in [1.82, 2.24) is 20.8 Å². The minimum absolute atomic E-state index is 0. The Hall–Kier alpha value is -2.04. The molecule has 8 nitrogen and oxygen atoms in total. The van der Waals surface area contributed by atoms with Crippen molar-refractivity contribution < 1.29 is 14.0 Å². The fraction of sp³-hybridized carbons (Fsp3) is 0.500. The topological polar surface area (TPSA) is 93.8 Å². The average Bonchev–Trinajstić information content (AvgIpc) is 3.08. The molecule has 0 saturated heterocycles. The number of rotatable bonds is 9. The number of hydrogen-bond acceptors (Lipinski definition) is 6. The Labute approximate surface area is 177 Å². The zero-order chi connectivity index (χ0) is 18.8. The lowest BCUT2D eigenvalue weighted by molar-refractivity contribution is 0.354. The third kappa shape index (κ3) is 7.61. The highest BCUT2D eigenvalue weighted by Crippen LogP contribution is 2.27. The van der Waals surface area contributed by atoms with Crippen LogP contribution < -0.4 is 20.1 Å². The highest BCUT2D eigenvalue weighted by molar-refractivity contribution is 14.0. The Morgan fingerprint density at radius 1 is 1.11 bits per heavy atom. The Morgan fingerprint density at radius 3 is 2.48 bits per heavy atom. The van der Waals surface area contributed by atoms with Crippen LogP contribution in [-0.2, 0) is 12.8 Å². The second-order valence-corrected chi connectivity index (χ2v) is 5.70. The zero-order valence-electron chi connectivity index (χ0n) is 16.2. The summed E-state index contributed by atoms with van der Waals surface area (Å²) in [7, 11) is 5.03. The minimum atomic E-state index is 0. The van der Waals surface area contributed by atoms with Crippen LogP contribution in [0.1, 0.15) is 23.7 Å². The van der Waals surface area contributed by atoms with Gasteiger partial charge in [0.25, 0.3) is 0 Å². The number of aryl methyl sites for hydroxylation is 2. The molecule has 2 rings (SSSR count). The van der Waals surface area contributed by atoms with Crippen molar-refractivity contribution in [2.75, 3.05) is 34.4 Å². The van der Waals surface area contributed by atoms with Crippen molar-refractivity contribution in [2.45, 2.75) is 26.2 Å². The summed E-state index contributed by atoms with van der Waals surface area (Å²) in [6.07, 6.45) is 2.48. The van der Waals surface area contributed by atoms with Gasteiger partial charge in [0, 0.05) is 26.6 Å². The molecule has 2 aromatic rings. The van der Waals surface area contributed by atoms with Gasteiger partial charge in [-0.2, -0.15) is 4.98 Å². The number of nitrogens with one attached hydrogen (secondary N) is 2. The van der Waals surface area contributed by atoms with Crippen molar-refractivity contribution in [1.29, 1.82) is 0 Å². The molecule has 1 aromatic carbocycles. The summed E-state index contributed by atoms with van der Waals surface area (Å²) >= 11 is 0.